The Bertz CT molecular complexity index is 639. The molecule has 124 valence electrons. The zero-order valence-corrected chi connectivity index (χ0v) is 14.1. The molecule has 1 N–H and O–H groups in total. The first-order valence-electron chi connectivity index (χ1n) is 9.36. The topological polar surface area (TPSA) is 32.7 Å². The van der Waals surface area contributed by atoms with Gasteiger partial charge in [-0.15, -0.1) is 0 Å². The van der Waals surface area contributed by atoms with Gasteiger partial charge in [0.25, 0.3) is 0 Å². The van der Waals surface area contributed by atoms with Crippen molar-refractivity contribution >= 4 is 0 Å². The lowest BCUT2D eigenvalue weighted by atomic mass is 9.58. The lowest BCUT2D eigenvalue weighted by molar-refractivity contribution is -0.128. The number of phenols is 1. The highest BCUT2D eigenvalue weighted by Crippen LogP contribution is 2.52. The second kappa shape index (κ2) is 4.97. The van der Waals surface area contributed by atoms with E-state index >= 15 is 0 Å². The van der Waals surface area contributed by atoms with Gasteiger partial charge in [0.1, 0.15) is 5.75 Å². The molecule has 2 heterocycles. The van der Waals surface area contributed by atoms with Crippen molar-refractivity contribution in [2.75, 3.05) is 19.7 Å². The van der Waals surface area contributed by atoms with Crippen LogP contribution in [0.5, 0.6) is 5.75 Å². The maximum Gasteiger partial charge on any atom is 0.116 e. The van der Waals surface area contributed by atoms with E-state index in [0.29, 0.717) is 17.9 Å². The van der Waals surface area contributed by atoms with Crippen LogP contribution in [-0.4, -0.2) is 41.8 Å². The molecule has 0 spiro atoms. The Morgan fingerprint density at radius 3 is 3.00 bits per heavy atom. The minimum absolute atomic E-state index is 0.153. The Balaban J connectivity index is 1.61. The van der Waals surface area contributed by atoms with E-state index < -0.39 is 0 Å². The van der Waals surface area contributed by atoms with E-state index in [9.17, 15) is 5.11 Å². The molecule has 23 heavy (non-hydrogen) atoms. The lowest BCUT2D eigenvalue weighted by Crippen LogP contribution is -2.65. The van der Waals surface area contributed by atoms with E-state index in [-0.39, 0.29) is 5.41 Å². The molecule has 3 fully saturated rings. The first-order chi connectivity index (χ1) is 11.2. The summed E-state index contributed by atoms with van der Waals surface area (Å²) in [5, 5.41) is 10.2. The Labute approximate surface area is 138 Å². The Morgan fingerprint density at radius 2 is 2.17 bits per heavy atom. The van der Waals surface area contributed by atoms with Crippen molar-refractivity contribution in [2.45, 2.75) is 63.0 Å². The highest BCUT2D eigenvalue weighted by atomic mass is 16.5. The summed E-state index contributed by atoms with van der Waals surface area (Å²) < 4.78 is 6.39. The fourth-order valence-corrected chi connectivity index (χ4v) is 5.59. The molecule has 1 saturated carbocycles. The van der Waals surface area contributed by atoms with Crippen molar-refractivity contribution in [3.63, 3.8) is 0 Å². The van der Waals surface area contributed by atoms with Crippen LogP contribution in [0.3, 0.4) is 0 Å². The quantitative estimate of drug-likeness (QED) is 0.910. The molecule has 4 aliphatic rings. The van der Waals surface area contributed by atoms with Crippen molar-refractivity contribution < 1.29 is 9.84 Å². The molecule has 2 bridgehead atoms. The second-order valence-corrected chi connectivity index (χ2v) is 8.30. The number of ether oxygens (including phenoxy) is 1. The van der Waals surface area contributed by atoms with Gasteiger partial charge >= 0.3 is 0 Å². The van der Waals surface area contributed by atoms with E-state index in [1.807, 2.05) is 6.07 Å². The summed E-state index contributed by atoms with van der Waals surface area (Å²) in [5.74, 6) is 1.37. The van der Waals surface area contributed by atoms with Gasteiger partial charge < -0.3 is 9.84 Å². The fraction of sp³-hybridized carbons (Fsp3) is 0.700. The molecule has 2 aliphatic carbocycles. The SMILES string of the molecule is Cc1cc(O)cc2c1C[C@@H]1[C@@H]3OCCC[C@]23CCN1CC1CC1. The molecule has 3 heteroatoms. The number of rotatable bonds is 2. The molecule has 0 amide bonds. The molecule has 1 aromatic rings. The minimum atomic E-state index is 0.153. The standard InChI is InChI=1S/C20H27NO2/c1-13-9-15(22)10-17-16(13)11-18-19-20(17,5-2-8-23-19)6-7-21(18)12-14-3-4-14/h9-10,14,18-19,22H,2-8,11-12H2,1H3/t18-,19+,20+/m1/s1. The summed E-state index contributed by atoms with van der Waals surface area (Å²) in [5.41, 5.74) is 4.32. The number of piperidine rings is 1. The maximum absolute atomic E-state index is 10.2. The van der Waals surface area contributed by atoms with Gasteiger partial charge in [-0.25, -0.2) is 0 Å². The van der Waals surface area contributed by atoms with Crippen molar-refractivity contribution in [3.05, 3.63) is 28.8 Å². The van der Waals surface area contributed by atoms with Crippen LogP contribution in [0.4, 0.5) is 0 Å². The molecule has 3 nitrogen and oxygen atoms in total. The molecule has 2 aliphatic heterocycles. The molecule has 5 rings (SSSR count). The predicted molar refractivity (Wildman–Crippen MR) is 89.9 cm³/mol. The summed E-state index contributed by atoms with van der Waals surface area (Å²) in [6.45, 7) is 5.55. The number of phenolic OH excluding ortho intramolecular Hbond substituents is 1. The lowest BCUT2D eigenvalue weighted by Gasteiger charge is -2.58. The zero-order chi connectivity index (χ0) is 15.6. The molecular weight excluding hydrogens is 286 g/mol. The summed E-state index contributed by atoms with van der Waals surface area (Å²) in [7, 11) is 0. The Kier molecular flexibility index (Phi) is 3.09. The Hall–Kier alpha value is -1.06. The highest BCUT2D eigenvalue weighted by molar-refractivity contribution is 5.49. The van der Waals surface area contributed by atoms with Gasteiger partial charge in [0.15, 0.2) is 0 Å². The van der Waals surface area contributed by atoms with Crippen molar-refractivity contribution in [1.29, 1.82) is 0 Å². The maximum atomic E-state index is 10.2. The first-order valence-corrected chi connectivity index (χ1v) is 9.36. The summed E-state index contributed by atoms with van der Waals surface area (Å²) in [6.07, 6.45) is 7.84. The van der Waals surface area contributed by atoms with Crippen LogP contribution in [0.1, 0.15) is 48.8 Å². The van der Waals surface area contributed by atoms with Crippen LogP contribution < -0.4 is 0 Å². The van der Waals surface area contributed by atoms with Crippen molar-refractivity contribution in [2.24, 2.45) is 5.92 Å². The molecule has 3 atom stereocenters. The van der Waals surface area contributed by atoms with E-state index in [0.717, 1.165) is 25.4 Å². The van der Waals surface area contributed by atoms with Crippen molar-refractivity contribution in [1.82, 2.24) is 4.90 Å². The van der Waals surface area contributed by atoms with Crippen LogP contribution in [-0.2, 0) is 16.6 Å². The average molecular weight is 313 g/mol. The fourth-order valence-electron chi connectivity index (χ4n) is 5.59. The Morgan fingerprint density at radius 1 is 1.30 bits per heavy atom. The molecule has 0 unspecified atom stereocenters. The third-order valence-corrected chi connectivity index (χ3v) is 6.87. The molecule has 1 aromatic carbocycles. The van der Waals surface area contributed by atoms with Crippen LogP contribution in [0, 0.1) is 12.8 Å². The van der Waals surface area contributed by atoms with Gasteiger partial charge in [-0.1, -0.05) is 0 Å². The first kappa shape index (κ1) is 14.3. The third-order valence-electron chi connectivity index (χ3n) is 6.87. The summed E-state index contributed by atoms with van der Waals surface area (Å²) in [6, 6.07) is 4.54. The summed E-state index contributed by atoms with van der Waals surface area (Å²) >= 11 is 0. The zero-order valence-electron chi connectivity index (χ0n) is 14.1. The average Bonchev–Trinajstić information content (AvgIpc) is 3.35. The van der Waals surface area contributed by atoms with Gasteiger partial charge in [0.05, 0.1) is 6.10 Å². The number of aromatic hydroxyl groups is 1. The van der Waals surface area contributed by atoms with Crippen LogP contribution >= 0.6 is 0 Å². The van der Waals surface area contributed by atoms with E-state index in [2.05, 4.69) is 17.9 Å². The van der Waals surface area contributed by atoms with Gasteiger partial charge in [-0.2, -0.15) is 0 Å². The highest BCUT2D eigenvalue weighted by Gasteiger charge is 2.55. The van der Waals surface area contributed by atoms with Gasteiger partial charge in [-0.3, -0.25) is 4.90 Å². The van der Waals surface area contributed by atoms with E-state index in [1.165, 1.54) is 55.5 Å². The third kappa shape index (κ3) is 2.09. The van der Waals surface area contributed by atoms with Gasteiger partial charge in [0.2, 0.25) is 0 Å². The number of likely N-dealkylation sites (tertiary alicyclic amines) is 1. The minimum Gasteiger partial charge on any atom is -0.508 e. The smallest absolute Gasteiger partial charge is 0.116 e. The molecular formula is C20H27NO2. The number of nitrogens with zero attached hydrogens (tertiary/aromatic N) is 1. The van der Waals surface area contributed by atoms with Crippen molar-refractivity contribution in [3.8, 4) is 5.75 Å². The number of hydrogen-bond donors (Lipinski definition) is 1. The summed E-state index contributed by atoms with van der Waals surface area (Å²) in [4.78, 5) is 2.74. The number of hydrogen-bond acceptors (Lipinski definition) is 3. The number of aryl methyl sites for hydroxylation is 1. The van der Waals surface area contributed by atoms with Crippen LogP contribution in [0.15, 0.2) is 12.1 Å². The van der Waals surface area contributed by atoms with Gasteiger partial charge in [-0.05, 0) is 86.7 Å². The molecule has 0 radical (unpaired) electrons. The molecule has 0 aromatic heterocycles. The largest absolute Gasteiger partial charge is 0.508 e. The normalized spacial score (nSPS) is 36.4. The second-order valence-electron chi connectivity index (χ2n) is 8.30. The predicted octanol–water partition coefficient (Wildman–Crippen LogP) is 3.16. The number of benzene rings is 1. The van der Waals surface area contributed by atoms with Crippen LogP contribution in [0.2, 0.25) is 0 Å². The monoisotopic (exact) mass is 313 g/mol. The van der Waals surface area contributed by atoms with E-state index in [4.69, 9.17) is 4.74 Å². The van der Waals surface area contributed by atoms with Gasteiger partial charge in [0, 0.05) is 24.6 Å². The molecule has 2 saturated heterocycles. The number of fused-ring (bicyclic) bond motifs is 1. The van der Waals surface area contributed by atoms with Crippen LogP contribution in [0.25, 0.3) is 0 Å². The van der Waals surface area contributed by atoms with E-state index in [1.54, 1.807) is 0 Å².